The molecule has 0 radical (unpaired) electrons. The fourth-order valence-electron chi connectivity index (χ4n) is 8.68. The summed E-state index contributed by atoms with van der Waals surface area (Å²) in [5, 5.41) is 3.02. The Balaban J connectivity index is 5.34. The van der Waals surface area contributed by atoms with Crippen LogP contribution in [0, 0.1) is 0 Å². The number of nitrogens with zero attached hydrogens (tertiary/aromatic N) is 1. The van der Waals surface area contributed by atoms with Gasteiger partial charge in [-0.25, -0.2) is 4.57 Å². The third kappa shape index (κ3) is 59.1. The number of phosphoric acid groups is 1. The number of phosphoric ester groups is 1. The van der Waals surface area contributed by atoms with Gasteiger partial charge in [0.2, 0.25) is 5.91 Å². The number of rotatable bonds is 57. The zero-order valence-corrected chi connectivity index (χ0v) is 52.7. The van der Waals surface area contributed by atoms with Gasteiger partial charge in [-0.15, -0.1) is 0 Å². The molecule has 0 saturated heterocycles. The number of hydrogen-bond donors (Lipinski definition) is 2. The standard InChI is InChI=1S/C69H121N2O7P/c1-7-10-13-16-19-22-25-28-30-32-33-34-35-36-37-39-41-44-47-50-53-56-59-62-69(73)78-67(60-57-54-51-48-45-42-27-24-21-18-15-12-9-3)66(65-77-79(74,75)76-64-63-71(4,5)6)70-68(72)61-58-55-52-49-46-43-40-38-31-29-26-23-20-17-14-11-8-2/h19-20,22-23,28-31,33-34,36-37,40,43,49,52,57,60,66-67H,7-18,21,24-27,32,35,38-39,41-42,44-48,50-51,53-56,58-59,61-65H2,1-6H3,(H-,70,72,74,75)/p+1/b22-19-,23-20-,30-28-,31-29-,34-33-,37-36-,43-40-,52-49-,60-57-. The maximum Gasteiger partial charge on any atom is 0.472 e. The summed E-state index contributed by atoms with van der Waals surface area (Å²) in [7, 11) is 1.44. The second-order valence-corrected chi connectivity index (χ2v) is 24.0. The maximum absolute atomic E-state index is 13.5. The molecule has 0 aromatic heterocycles. The van der Waals surface area contributed by atoms with Gasteiger partial charge in [0.25, 0.3) is 0 Å². The van der Waals surface area contributed by atoms with Gasteiger partial charge in [0.15, 0.2) is 0 Å². The predicted molar refractivity (Wildman–Crippen MR) is 341 cm³/mol. The van der Waals surface area contributed by atoms with E-state index in [-0.39, 0.29) is 37.9 Å². The number of hydrogen-bond acceptors (Lipinski definition) is 6. The molecule has 0 rings (SSSR count). The number of carbonyl (C=O) groups excluding carboxylic acids is 2. The lowest BCUT2D eigenvalue weighted by Crippen LogP contribution is -2.47. The van der Waals surface area contributed by atoms with Gasteiger partial charge in [0.05, 0.1) is 33.8 Å². The first-order chi connectivity index (χ1) is 38.4. The van der Waals surface area contributed by atoms with Crippen LogP contribution in [0.25, 0.3) is 0 Å². The van der Waals surface area contributed by atoms with E-state index in [9.17, 15) is 19.0 Å². The molecule has 1 amide bonds. The number of unbranched alkanes of at least 4 members (excludes halogenated alkanes) is 25. The molecule has 79 heavy (non-hydrogen) atoms. The minimum atomic E-state index is -4.47. The highest BCUT2D eigenvalue weighted by Gasteiger charge is 2.30. The highest BCUT2D eigenvalue weighted by atomic mass is 31.2. The van der Waals surface area contributed by atoms with Crippen molar-refractivity contribution in [3.05, 3.63) is 109 Å². The Bertz CT molecular complexity index is 1720. The number of carbonyl (C=O) groups is 2. The number of esters is 1. The second-order valence-electron chi connectivity index (χ2n) is 22.6. The van der Waals surface area contributed by atoms with E-state index >= 15 is 0 Å². The van der Waals surface area contributed by atoms with Gasteiger partial charge >= 0.3 is 13.8 Å². The first-order valence-electron chi connectivity index (χ1n) is 32.2. The third-order valence-electron chi connectivity index (χ3n) is 13.7. The predicted octanol–water partition coefficient (Wildman–Crippen LogP) is 20.1. The lowest BCUT2D eigenvalue weighted by atomic mass is 10.0. The molecule has 2 N–H and O–H groups in total. The quantitative estimate of drug-likeness (QED) is 0.0205. The lowest BCUT2D eigenvalue weighted by molar-refractivity contribution is -0.870. The molecule has 0 fully saturated rings. The summed E-state index contributed by atoms with van der Waals surface area (Å²) in [5.74, 6) is -0.586. The molecule has 3 unspecified atom stereocenters. The number of quaternary nitrogens is 1. The van der Waals surface area contributed by atoms with Crippen LogP contribution in [0.3, 0.4) is 0 Å². The molecule has 0 aromatic rings. The average Bonchev–Trinajstić information content (AvgIpc) is 3.41. The zero-order valence-electron chi connectivity index (χ0n) is 51.8. The summed E-state index contributed by atoms with van der Waals surface area (Å²) in [4.78, 5) is 37.7. The van der Waals surface area contributed by atoms with Crippen molar-refractivity contribution in [2.24, 2.45) is 0 Å². The summed E-state index contributed by atoms with van der Waals surface area (Å²) in [6, 6.07) is -0.889. The van der Waals surface area contributed by atoms with Crippen LogP contribution in [-0.4, -0.2) is 74.3 Å². The Morgan fingerprint density at radius 1 is 0.443 bits per heavy atom. The maximum atomic E-state index is 13.5. The van der Waals surface area contributed by atoms with E-state index in [1.54, 1.807) is 0 Å². The van der Waals surface area contributed by atoms with E-state index in [1.807, 2.05) is 33.3 Å². The molecule has 9 nitrogen and oxygen atoms in total. The monoisotopic (exact) mass is 1120 g/mol. The van der Waals surface area contributed by atoms with Crippen LogP contribution in [0.5, 0.6) is 0 Å². The van der Waals surface area contributed by atoms with Crippen LogP contribution in [0.1, 0.15) is 265 Å². The first kappa shape index (κ1) is 75.7. The Hall–Kier alpha value is -3.33. The molecule has 0 aliphatic rings. The zero-order chi connectivity index (χ0) is 57.9. The van der Waals surface area contributed by atoms with E-state index in [1.165, 1.54) is 128 Å². The number of ether oxygens (including phenoxy) is 1. The number of likely N-dealkylation sites (N-methyl/N-ethyl adjacent to an activating group) is 1. The van der Waals surface area contributed by atoms with Gasteiger partial charge in [-0.1, -0.05) is 246 Å². The molecule has 0 aliphatic carbocycles. The van der Waals surface area contributed by atoms with Crippen molar-refractivity contribution >= 4 is 19.7 Å². The molecular weight excluding hydrogens is 1000 g/mol. The lowest BCUT2D eigenvalue weighted by Gasteiger charge is -2.27. The van der Waals surface area contributed by atoms with E-state index in [0.29, 0.717) is 23.9 Å². The Morgan fingerprint density at radius 3 is 1.20 bits per heavy atom. The van der Waals surface area contributed by atoms with Crippen molar-refractivity contribution in [2.75, 3.05) is 40.9 Å². The van der Waals surface area contributed by atoms with Crippen molar-refractivity contribution in [3.63, 3.8) is 0 Å². The smallest absolute Gasteiger partial charge is 0.456 e. The normalized spacial score (nSPS) is 14.4. The van der Waals surface area contributed by atoms with Gasteiger partial charge < -0.3 is 19.4 Å². The molecule has 0 aliphatic heterocycles. The molecule has 0 saturated carbocycles. The number of nitrogens with one attached hydrogen (secondary N) is 1. The largest absolute Gasteiger partial charge is 0.472 e. The van der Waals surface area contributed by atoms with Gasteiger partial charge in [0.1, 0.15) is 19.3 Å². The van der Waals surface area contributed by atoms with Gasteiger partial charge in [-0.05, 0) is 115 Å². The molecule has 10 heteroatoms. The number of amides is 1. The van der Waals surface area contributed by atoms with Crippen LogP contribution in [-0.2, 0) is 27.9 Å². The third-order valence-corrected chi connectivity index (χ3v) is 14.7. The van der Waals surface area contributed by atoms with Gasteiger partial charge in [-0.3, -0.25) is 18.6 Å². The van der Waals surface area contributed by atoms with Gasteiger partial charge in [-0.2, -0.15) is 0 Å². The minimum Gasteiger partial charge on any atom is -0.456 e. The second kappa shape index (κ2) is 57.9. The van der Waals surface area contributed by atoms with E-state index in [0.717, 1.165) is 89.9 Å². The van der Waals surface area contributed by atoms with E-state index in [2.05, 4.69) is 123 Å². The van der Waals surface area contributed by atoms with Crippen molar-refractivity contribution in [2.45, 2.75) is 277 Å². The Morgan fingerprint density at radius 2 is 0.785 bits per heavy atom. The van der Waals surface area contributed by atoms with Crippen molar-refractivity contribution in [3.8, 4) is 0 Å². The van der Waals surface area contributed by atoms with Gasteiger partial charge in [0, 0.05) is 12.8 Å². The molecule has 3 atom stereocenters. The fourth-order valence-corrected chi connectivity index (χ4v) is 9.42. The van der Waals surface area contributed by atoms with Crippen LogP contribution in [0.2, 0.25) is 0 Å². The minimum absolute atomic E-state index is 0.0230. The van der Waals surface area contributed by atoms with Crippen LogP contribution >= 0.6 is 7.82 Å². The highest BCUT2D eigenvalue weighted by Crippen LogP contribution is 2.43. The fraction of sp³-hybridized carbons (Fsp3) is 0.710. The van der Waals surface area contributed by atoms with Crippen LogP contribution in [0.4, 0.5) is 0 Å². The highest BCUT2D eigenvalue weighted by molar-refractivity contribution is 7.47. The van der Waals surface area contributed by atoms with Crippen molar-refractivity contribution < 1.29 is 37.3 Å². The summed E-state index contributed by atoms with van der Waals surface area (Å²) >= 11 is 0. The average molecular weight is 1120 g/mol. The molecular formula is C69H122N2O7P+. The summed E-state index contributed by atoms with van der Waals surface area (Å²) in [5.41, 5.74) is 0. The molecule has 0 aromatic carbocycles. The van der Waals surface area contributed by atoms with Crippen LogP contribution in [0.15, 0.2) is 109 Å². The molecule has 0 heterocycles. The number of allylic oxidation sites excluding steroid dienone is 17. The Kier molecular flexibility index (Phi) is 55.4. The van der Waals surface area contributed by atoms with Crippen LogP contribution < -0.4 is 5.32 Å². The van der Waals surface area contributed by atoms with Crippen molar-refractivity contribution in [1.82, 2.24) is 5.32 Å². The summed E-state index contributed by atoms with van der Waals surface area (Å²) < 4.78 is 30.7. The van der Waals surface area contributed by atoms with Crippen molar-refractivity contribution in [1.29, 1.82) is 0 Å². The summed E-state index contributed by atoms with van der Waals surface area (Å²) in [6.45, 7) is 6.90. The summed E-state index contributed by atoms with van der Waals surface area (Å²) in [6.07, 6.45) is 79.5. The van der Waals surface area contributed by atoms with E-state index < -0.39 is 20.0 Å². The Labute approximate surface area is 487 Å². The molecule has 0 spiro atoms. The molecule has 454 valence electrons. The molecule has 0 bridgehead atoms. The SMILES string of the molecule is CCCCC/C=C\C/C=C\C/C=C\C/C=C\CCCCCCCCCC(=O)OC(/C=C\CCCCCCCCCCCCC)C(COP(=O)(O)OCC[N+](C)(C)C)NC(=O)CCC/C=C\C/C=C\C/C=C\C/C=C\CCCCC. The first-order valence-corrected chi connectivity index (χ1v) is 33.7. The van der Waals surface area contributed by atoms with E-state index in [4.69, 9.17) is 13.8 Å². The topological polar surface area (TPSA) is 111 Å².